The lowest BCUT2D eigenvalue weighted by Crippen LogP contribution is -2.01. The van der Waals surface area contributed by atoms with E-state index in [0.29, 0.717) is 0 Å². The summed E-state index contributed by atoms with van der Waals surface area (Å²) in [6, 6.07) is 5.20. The van der Waals surface area contributed by atoms with Crippen LogP contribution < -0.4 is 5.73 Å². The predicted octanol–water partition coefficient (Wildman–Crippen LogP) is 1.13. The van der Waals surface area contributed by atoms with E-state index >= 15 is 0 Å². The van der Waals surface area contributed by atoms with Crippen molar-refractivity contribution >= 4 is 27.8 Å². The van der Waals surface area contributed by atoms with E-state index in [2.05, 4.69) is 4.31 Å². The Balaban J connectivity index is 0.000000423. The molecule has 6 N–H and O–H groups in total. The summed E-state index contributed by atoms with van der Waals surface area (Å²) in [5.74, 6) is -2.25. The van der Waals surface area contributed by atoms with Gasteiger partial charge in [0.2, 0.25) is 0 Å². The number of aromatic carboxylic acids is 2. The van der Waals surface area contributed by atoms with E-state index in [1.165, 1.54) is 24.3 Å². The highest BCUT2D eigenvalue weighted by Crippen LogP contribution is 2.49. The van der Waals surface area contributed by atoms with Crippen LogP contribution in [-0.4, -0.2) is 38.1 Å². The number of carboxylic acids is 2. The van der Waals surface area contributed by atoms with E-state index in [9.17, 15) is 18.7 Å². The van der Waals surface area contributed by atoms with E-state index in [-0.39, 0.29) is 17.3 Å². The van der Waals surface area contributed by atoms with Gasteiger partial charge in [0.15, 0.2) is 0 Å². The van der Waals surface area contributed by atoms with Gasteiger partial charge in [-0.25, -0.2) is 13.9 Å². The van der Waals surface area contributed by atoms with Crippen LogP contribution in [0.1, 0.15) is 20.7 Å². The Bertz CT molecular complexity index is 629. The first-order chi connectivity index (χ1) is 10.6. The average molecular weight is 367 g/mol. The van der Waals surface area contributed by atoms with E-state index in [4.69, 9.17) is 25.7 Å². The van der Waals surface area contributed by atoms with Crippen LogP contribution in [0, 0.1) is 0 Å². The molecule has 10 nitrogen and oxygen atoms in total. The van der Waals surface area contributed by atoms with Gasteiger partial charge in [0.05, 0.1) is 17.3 Å². The molecule has 0 fully saturated rings. The molecule has 0 aliphatic rings. The molecule has 12 heteroatoms. The zero-order valence-electron chi connectivity index (χ0n) is 11.5. The molecule has 1 rings (SSSR count). The van der Waals surface area contributed by atoms with Crippen molar-refractivity contribution in [1.82, 2.24) is 0 Å². The lowest BCUT2D eigenvalue weighted by molar-refractivity contribution is 0.0696. The number of hydrogen-bond donors (Lipinski definition) is 5. The second-order valence-corrected chi connectivity index (χ2v) is 6.70. The molecule has 0 saturated carbocycles. The zero-order chi connectivity index (χ0) is 18.0. The molecule has 0 radical (unpaired) electrons. The molecular formula is C11H15NO9P2. The molecule has 128 valence electrons. The lowest BCUT2D eigenvalue weighted by atomic mass is 10.1. The summed E-state index contributed by atoms with van der Waals surface area (Å²) in [5.41, 5.74) is 4.83. The summed E-state index contributed by atoms with van der Waals surface area (Å²) in [5, 5.41) is 17.0. The Hall–Kier alpha value is -1.96. The Labute approximate surface area is 131 Å². The third-order valence-corrected chi connectivity index (χ3v) is 4.49. The first-order valence-corrected chi connectivity index (χ1v) is 8.79. The molecule has 1 aromatic carbocycles. The van der Waals surface area contributed by atoms with Crippen molar-refractivity contribution in [3.63, 3.8) is 0 Å². The highest BCUT2D eigenvalue weighted by Gasteiger charge is 2.19. The average Bonchev–Trinajstić information content (AvgIpc) is 2.44. The first-order valence-electron chi connectivity index (χ1n) is 5.76. The van der Waals surface area contributed by atoms with Crippen molar-refractivity contribution in [3.05, 3.63) is 47.7 Å². The molecule has 1 aromatic rings. The van der Waals surface area contributed by atoms with Crippen molar-refractivity contribution in [2.24, 2.45) is 5.73 Å². The van der Waals surface area contributed by atoms with Gasteiger partial charge in [-0.3, -0.25) is 9.13 Å². The quantitative estimate of drug-likeness (QED) is 0.456. The molecule has 0 aliphatic carbocycles. The maximum atomic E-state index is 10.7. The van der Waals surface area contributed by atoms with Crippen LogP contribution in [0.3, 0.4) is 0 Å². The molecule has 0 heterocycles. The van der Waals surface area contributed by atoms with Gasteiger partial charge in [0.25, 0.3) is 0 Å². The number of carbonyl (C=O) groups is 2. The Morgan fingerprint density at radius 2 is 1.74 bits per heavy atom. The molecular weight excluding hydrogens is 352 g/mol. The van der Waals surface area contributed by atoms with E-state index in [1.807, 2.05) is 0 Å². The standard InChI is InChI=1S/C8H6O4.C3H9NO5P2/c9-7(10)5-2-1-3-6(4-5)8(11)12;4-2-1-3-11(7,8)9-10(5)6/h1-4H,(H,9,10)(H,11,12);1-2,10H,3-4H2,(H,5,6)(H,7,8). The minimum atomic E-state index is -3.95. The molecule has 0 amide bonds. The summed E-state index contributed by atoms with van der Waals surface area (Å²) < 4.78 is 24.5. The van der Waals surface area contributed by atoms with Crippen molar-refractivity contribution < 1.29 is 43.0 Å². The maximum absolute atomic E-state index is 10.7. The van der Waals surface area contributed by atoms with Crippen LogP contribution in [0.2, 0.25) is 0 Å². The normalized spacial score (nSPS) is 14.3. The summed E-state index contributed by atoms with van der Waals surface area (Å²) in [4.78, 5) is 37.6. The number of nitrogens with two attached hydrogens (primary N) is 1. The monoisotopic (exact) mass is 367 g/mol. The first kappa shape index (κ1) is 21.0. The van der Waals surface area contributed by atoms with E-state index in [1.54, 1.807) is 0 Å². The molecule has 23 heavy (non-hydrogen) atoms. The van der Waals surface area contributed by atoms with Gasteiger partial charge < -0.3 is 25.7 Å². The fourth-order valence-electron chi connectivity index (χ4n) is 1.14. The number of carboxylic acid groups (broad SMARTS) is 2. The number of hydrogen-bond acceptors (Lipinski definition) is 6. The fraction of sp³-hybridized carbons (Fsp3) is 0.0909. The number of benzene rings is 1. The minimum Gasteiger partial charge on any atom is -0.478 e. The summed E-state index contributed by atoms with van der Waals surface area (Å²) in [6.07, 6.45) is 1.87. The predicted molar refractivity (Wildman–Crippen MR) is 80.7 cm³/mol. The van der Waals surface area contributed by atoms with Gasteiger partial charge in [-0.1, -0.05) is 12.1 Å². The largest absolute Gasteiger partial charge is 0.478 e. The van der Waals surface area contributed by atoms with Gasteiger partial charge in [0, 0.05) is 0 Å². The van der Waals surface area contributed by atoms with Crippen molar-refractivity contribution in [2.75, 3.05) is 6.16 Å². The topological polar surface area (TPSA) is 184 Å². The molecule has 0 aliphatic heterocycles. The van der Waals surface area contributed by atoms with Crippen LogP contribution in [-0.2, 0) is 13.4 Å². The van der Waals surface area contributed by atoms with Crippen LogP contribution in [0.15, 0.2) is 36.5 Å². The van der Waals surface area contributed by atoms with Crippen LogP contribution in [0.25, 0.3) is 0 Å². The lowest BCUT2D eigenvalue weighted by Gasteiger charge is -2.05. The third kappa shape index (κ3) is 9.62. The molecule has 2 atom stereocenters. The fourth-order valence-corrected chi connectivity index (χ4v) is 2.80. The highest BCUT2D eigenvalue weighted by atomic mass is 31.2. The van der Waals surface area contributed by atoms with Crippen molar-refractivity contribution in [1.29, 1.82) is 0 Å². The molecule has 0 bridgehead atoms. The van der Waals surface area contributed by atoms with E-state index in [0.717, 1.165) is 12.3 Å². The SMILES string of the molecule is NC=CCP(=O)(O)O[PH](=O)O.O=C(O)c1cccc(C(=O)O)c1. The molecule has 0 spiro atoms. The van der Waals surface area contributed by atoms with Crippen molar-refractivity contribution in [2.45, 2.75) is 0 Å². The van der Waals surface area contributed by atoms with Crippen LogP contribution in [0.4, 0.5) is 0 Å². The Morgan fingerprint density at radius 3 is 2.09 bits per heavy atom. The Morgan fingerprint density at radius 1 is 1.26 bits per heavy atom. The summed E-state index contributed by atoms with van der Waals surface area (Å²) in [7, 11) is -7.31. The minimum absolute atomic E-state index is 0.0186. The van der Waals surface area contributed by atoms with E-state index < -0.39 is 27.8 Å². The second-order valence-electron chi connectivity index (χ2n) is 3.80. The van der Waals surface area contributed by atoms with Gasteiger partial charge in [-0.05, 0) is 24.4 Å². The van der Waals surface area contributed by atoms with Gasteiger partial charge in [-0.2, -0.15) is 0 Å². The Kier molecular flexibility index (Phi) is 9.09. The maximum Gasteiger partial charge on any atom is 0.338 e. The number of allylic oxidation sites excluding steroid dienone is 1. The molecule has 2 unspecified atom stereocenters. The molecule has 0 aromatic heterocycles. The highest BCUT2D eigenvalue weighted by molar-refractivity contribution is 7.59. The van der Waals surface area contributed by atoms with Crippen LogP contribution in [0.5, 0.6) is 0 Å². The second kappa shape index (κ2) is 9.94. The summed E-state index contributed by atoms with van der Waals surface area (Å²) in [6.45, 7) is 0. The van der Waals surface area contributed by atoms with Crippen molar-refractivity contribution in [3.8, 4) is 0 Å². The third-order valence-electron chi connectivity index (χ3n) is 2.05. The van der Waals surface area contributed by atoms with Gasteiger partial charge >= 0.3 is 27.8 Å². The van der Waals surface area contributed by atoms with Gasteiger partial charge in [-0.15, -0.1) is 0 Å². The zero-order valence-corrected chi connectivity index (χ0v) is 13.4. The smallest absolute Gasteiger partial charge is 0.338 e. The van der Waals surface area contributed by atoms with Gasteiger partial charge in [0.1, 0.15) is 0 Å². The van der Waals surface area contributed by atoms with Crippen LogP contribution >= 0.6 is 15.9 Å². The summed E-state index contributed by atoms with van der Waals surface area (Å²) >= 11 is 0. The number of rotatable bonds is 6. The molecule has 0 saturated heterocycles.